The van der Waals surface area contributed by atoms with Crippen molar-refractivity contribution in [2.75, 3.05) is 32.2 Å². The third-order valence-corrected chi connectivity index (χ3v) is 7.01. The second-order valence-electron chi connectivity index (χ2n) is 8.75. The number of Topliss-reactive ketones (excluding diaryl/α,β-unsaturated/α-hetero) is 1. The van der Waals surface area contributed by atoms with Crippen molar-refractivity contribution >= 4 is 40.1 Å². The van der Waals surface area contributed by atoms with Crippen molar-refractivity contribution < 1.29 is 33.8 Å². The normalized spacial score (nSPS) is 16.5. The number of benzene rings is 2. The van der Waals surface area contributed by atoms with Crippen LogP contribution in [0, 0.1) is 0 Å². The van der Waals surface area contributed by atoms with E-state index in [0.29, 0.717) is 24.5 Å². The van der Waals surface area contributed by atoms with E-state index in [2.05, 4.69) is 15.6 Å². The average Bonchev–Trinajstić information content (AvgIpc) is 3.53. The molecule has 0 aliphatic carbocycles. The maximum absolute atomic E-state index is 13.6. The Balaban J connectivity index is 1.59. The quantitative estimate of drug-likeness (QED) is 0.177. The largest absolute Gasteiger partial charge is 0.491 e. The van der Waals surface area contributed by atoms with E-state index in [9.17, 15) is 19.2 Å². The molecule has 204 valence electrons. The SMILES string of the molecule is COCCOc1ccc([C@H]2NC(=O)N([C@H](C(=O)Nc3nc(C(=O)CO)cs3)[C@@H](C)c3ccccc3)C2=O)cc1. The Morgan fingerprint density at radius 2 is 1.85 bits per heavy atom. The summed E-state index contributed by atoms with van der Waals surface area (Å²) in [6.45, 7) is 1.83. The van der Waals surface area contributed by atoms with E-state index < -0.39 is 48.2 Å². The number of anilines is 1. The van der Waals surface area contributed by atoms with Crippen molar-refractivity contribution in [2.24, 2.45) is 0 Å². The molecule has 2 heterocycles. The number of carbonyl (C=O) groups excluding carboxylic acids is 4. The second-order valence-corrected chi connectivity index (χ2v) is 9.61. The van der Waals surface area contributed by atoms with E-state index in [-0.39, 0.29) is 10.8 Å². The number of thiazole rings is 1. The van der Waals surface area contributed by atoms with Gasteiger partial charge in [-0.25, -0.2) is 14.7 Å². The number of urea groups is 1. The molecule has 2 aromatic carbocycles. The molecule has 0 radical (unpaired) electrons. The molecule has 1 aliphatic heterocycles. The van der Waals surface area contributed by atoms with Crippen molar-refractivity contribution in [2.45, 2.75) is 24.9 Å². The van der Waals surface area contributed by atoms with E-state index in [1.807, 2.05) is 18.2 Å². The maximum atomic E-state index is 13.6. The average molecular weight is 553 g/mol. The number of imide groups is 1. The highest BCUT2D eigenvalue weighted by atomic mass is 32.1. The Morgan fingerprint density at radius 1 is 1.13 bits per heavy atom. The Bertz CT molecular complexity index is 1330. The Kier molecular flexibility index (Phi) is 9.02. The minimum atomic E-state index is -1.22. The molecule has 0 saturated carbocycles. The summed E-state index contributed by atoms with van der Waals surface area (Å²) >= 11 is 0.998. The lowest BCUT2D eigenvalue weighted by Crippen LogP contribution is -2.50. The number of methoxy groups -OCH3 is 1. The van der Waals surface area contributed by atoms with E-state index in [1.165, 1.54) is 5.38 Å². The van der Waals surface area contributed by atoms with Gasteiger partial charge >= 0.3 is 6.03 Å². The van der Waals surface area contributed by atoms with Crippen LogP contribution in [0.25, 0.3) is 0 Å². The molecule has 11 nitrogen and oxygen atoms in total. The highest BCUT2D eigenvalue weighted by Crippen LogP contribution is 2.32. The third kappa shape index (κ3) is 6.30. The van der Waals surface area contributed by atoms with Crippen LogP contribution in [0.15, 0.2) is 60.0 Å². The van der Waals surface area contributed by atoms with Crippen LogP contribution < -0.4 is 15.4 Å². The van der Waals surface area contributed by atoms with Crippen molar-refractivity contribution in [1.82, 2.24) is 15.2 Å². The number of ketones is 1. The molecule has 4 amide bonds. The van der Waals surface area contributed by atoms with Gasteiger partial charge in [0.1, 0.15) is 36.7 Å². The first-order valence-corrected chi connectivity index (χ1v) is 13.0. The van der Waals surface area contributed by atoms with Crippen molar-refractivity contribution in [1.29, 1.82) is 0 Å². The van der Waals surface area contributed by atoms with Crippen molar-refractivity contribution in [3.05, 3.63) is 76.8 Å². The maximum Gasteiger partial charge on any atom is 0.325 e. The van der Waals surface area contributed by atoms with Gasteiger partial charge < -0.3 is 25.2 Å². The third-order valence-electron chi connectivity index (χ3n) is 6.25. The molecule has 3 aromatic rings. The number of amides is 4. The highest BCUT2D eigenvalue weighted by molar-refractivity contribution is 7.14. The first-order chi connectivity index (χ1) is 18.8. The predicted octanol–water partition coefficient (Wildman–Crippen LogP) is 2.75. The zero-order chi connectivity index (χ0) is 27.9. The summed E-state index contributed by atoms with van der Waals surface area (Å²) in [5.74, 6) is -1.80. The Hall–Kier alpha value is -4.13. The fourth-order valence-electron chi connectivity index (χ4n) is 4.21. The molecular weight excluding hydrogens is 524 g/mol. The highest BCUT2D eigenvalue weighted by Gasteiger charge is 2.47. The minimum absolute atomic E-state index is 0.00941. The molecule has 12 heteroatoms. The standard InChI is InChI=1S/C27H28N4O7S/c1-16(17-6-4-3-5-7-17)23(24(34)30-26-28-20(15-39-26)21(33)14-32)31-25(35)22(29-27(31)36)18-8-10-19(11-9-18)38-13-12-37-2/h3-11,15-16,22-23,32H,12-14H2,1-2H3,(H,29,36)(H,28,30,34)/t16-,22+,23-/m0/s1. The molecule has 3 atom stereocenters. The van der Waals surface area contributed by atoms with Gasteiger partial charge in [0.2, 0.25) is 11.7 Å². The summed E-state index contributed by atoms with van der Waals surface area (Å²) in [5.41, 5.74) is 1.29. The van der Waals surface area contributed by atoms with Gasteiger partial charge in [-0.15, -0.1) is 11.3 Å². The van der Waals surface area contributed by atoms with E-state index >= 15 is 0 Å². The molecule has 3 N–H and O–H groups in total. The van der Waals surface area contributed by atoms with Gasteiger partial charge in [-0.3, -0.25) is 14.4 Å². The van der Waals surface area contributed by atoms with Gasteiger partial charge in [-0.2, -0.15) is 0 Å². The van der Waals surface area contributed by atoms with Crippen LogP contribution in [-0.2, 0) is 14.3 Å². The number of aromatic nitrogens is 1. The van der Waals surface area contributed by atoms with Crippen LogP contribution in [0.4, 0.5) is 9.93 Å². The summed E-state index contributed by atoms with van der Waals surface area (Å²) in [6.07, 6.45) is 0. The molecule has 1 saturated heterocycles. The summed E-state index contributed by atoms with van der Waals surface area (Å²) in [6, 6.07) is 12.9. The number of hydrogen-bond donors (Lipinski definition) is 3. The second kappa shape index (κ2) is 12.6. The van der Waals surface area contributed by atoms with Crippen LogP contribution in [0.3, 0.4) is 0 Å². The lowest BCUT2D eigenvalue weighted by molar-refractivity contribution is -0.134. The topological polar surface area (TPSA) is 147 Å². The molecule has 39 heavy (non-hydrogen) atoms. The Labute approximate surface area is 228 Å². The van der Waals surface area contributed by atoms with Crippen LogP contribution in [0.1, 0.15) is 40.5 Å². The fraction of sp³-hybridized carbons (Fsp3) is 0.296. The monoisotopic (exact) mass is 552 g/mol. The predicted molar refractivity (Wildman–Crippen MR) is 143 cm³/mol. The smallest absolute Gasteiger partial charge is 0.325 e. The van der Waals surface area contributed by atoms with Crippen molar-refractivity contribution in [3.63, 3.8) is 0 Å². The number of ether oxygens (including phenoxy) is 2. The summed E-state index contributed by atoms with van der Waals surface area (Å²) in [5, 5.41) is 15.9. The lowest BCUT2D eigenvalue weighted by atomic mass is 9.91. The number of nitrogens with one attached hydrogen (secondary N) is 2. The van der Waals surface area contributed by atoms with Crippen molar-refractivity contribution in [3.8, 4) is 5.75 Å². The first-order valence-electron chi connectivity index (χ1n) is 12.1. The van der Waals surface area contributed by atoms with E-state index in [4.69, 9.17) is 14.6 Å². The van der Waals surface area contributed by atoms with Gasteiger partial charge in [0, 0.05) is 18.4 Å². The molecule has 0 spiro atoms. The number of nitrogens with zero attached hydrogens (tertiary/aromatic N) is 2. The number of aliphatic hydroxyl groups excluding tert-OH is 1. The number of carbonyl (C=O) groups is 4. The van der Waals surface area contributed by atoms with Gasteiger partial charge in [0.25, 0.3) is 5.91 Å². The summed E-state index contributed by atoms with van der Waals surface area (Å²) in [7, 11) is 1.57. The zero-order valence-electron chi connectivity index (χ0n) is 21.3. The summed E-state index contributed by atoms with van der Waals surface area (Å²) in [4.78, 5) is 57.1. The molecular formula is C27H28N4O7S. The van der Waals surface area contributed by atoms with E-state index in [0.717, 1.165) is 21.8 Å². The first kappa shape index (κ1) is 27.9. The molecule has 0 bridgehead atoms. The molecule has 4 rings (SSSR count). The zero-order valence-corrected chi connectivity index (χ0v) is 22.1. The number of hydrogen-bond acceptors (Lipinski definition) is 9. The van der Waals surface area contributed by atoms with Crippen LogP contribution in [0.2, 0.25) is 0 Å². The van der Waals surface area contributed by atoms with Gasteiger partial charge in [0.15, 0.2) is 5.13 Å². The van der Waals surface area contributed by atoms with Gasteiger partial charge in [-0.05, 0) is 23.3 Å². The van der Waals surface area contributed by atoms with Crippen LogP contribution in [-0.4, -0.2) is 71.6 Å². The fourth-order valence-corrected chi connectivity index (χ4v) is 4.93. The van der Waals surface area contributed by atoms with E-state index in [1.54, 1.807) is 50.4 Å². The van der Waals surface area contributed by atoms with Gasteiger partial charge in [0.05, 0.1) is 6.61 Å². The molecule has 1 aromatic heterocycles. The summed E-state index contributed by atoms with van der Waals surface area (Å²) < 4.78 is 10.5. The van der Waals surface area contributed by atoms with Crippen LogP contribution in [0.5, 0.6) is 5.75 Å². The molecule has 1 fully saturated rings. The van der Waals surface area contributed by atoms with Crippen LogP contribution >= 0.6 is 11.3 Å². The van der Waals surface area contributed by atoms with Gasteiger partial charge in [-0.1, -0.05) is 49.4 Å². The number of aliphatic hydroxyl groups is 1. The Morgan fingerprint density at radius 3 is 2.51 bits per heavy atom. The molecule has 0 unspecified atom stereocenters. The minimum Gasteiger partial charge on any atom is -0.491 e. The lowest BCUT2D eigenvalue weighted by Gasteiger charge is -2.29. The molecule has 1 aliphatic rings. The number of rotatable bonds is 12.